The summed E-state index contributed by atoms with van der Waals surface area (Å²) in [6, 6.07) is 12.0. The van der Waals surface area contributed by atoms with Gasteiger partial charge in [-0.2, -0.15) is 0 Å². The van der Waals surface area contributed by atoms with Crippen molar-refractivity contribution in [2.24, 2.45) is 0 Å². The maximum Gasteiger partial charge on any atom is 0.254 e. The van der Waals surface area contributed by atoms with Crippen molar-refractivity contribution < 1.29 is 9.59 Å². The molecule has 1 spiro atoms. The summed E-state index contributed by atoms with van der Waals surface area (Å²) >= 11 is 3.52. The smallest absolute Gasteiger partial charge is 0.254 e. The van der Waals surface area contributed by atoms with Crippen LogP contribution in [0, 0.1) is 0 Å². The summed E-state index contributed by atoms with van der Waals surface area (Å²) in [6.07, 6.45) is 5.73. The van der Waals surface area contributed by atoms with Gasteiger partial charge in [-0.3, -0.25) is 9.59 Å². The second kappa shape index (κ2) is 7.69. The number of aromatic nitrogens is 1. The Bertz CT molecular complexity index is 968. The zero-order chi connectivity index (χ0) is 20.7. The maximum atomic E-state index is 13.0. The van der Waals surface area contributed by atoms with Gasteiger partial charge in [-0.05, 0) is 61.6 Å². The summed E-state index contributed by atoms with van der Waals surface area (Å²) in [5.74, 6) is 0.896. The fourth-order valence-electron chi connectivity index (χ4n) is 4.78. The van der Waals surface area contributed by atoms with Gasteiger partial charge in [0.25, 0.3) is 5.91 Å². The lowest BCUT2D eigenvalue weighted by atomic mass is 9.86. The number of fused-ring (bicyclic) bond motifs is 2. The minimum absolute atomic E-state index is 0.0323. The number of anilines is 1. The number of carbonyl (C=O) groups is 2. The van der Waals surface area contributed by atoms with Gasteiger partial charge in [-0.1, -0.05) is 22.0 Å². The number of hydrogen-bond acceptors (Lipinski definition) is 4. The SMILES string of the molecule is O=C(CN1CC2(CC2)c2cc(Br)ccc2C1=O)NC1CCN(c2ccccn2)CC1. The van der Waals surface area contributed by atoms with Gasteiger partial charge in [0.15, 0.2) is 0 Å². The second-order valence-corrected chi connectivity index (χ2v) is 9.56. The zero-order valence-electron chi connectivity index (χ0n) is 16.8. The van der Waals surface area contributed by atoms with E-state index in [9.17, 15) is 9.59 Å². The minimum atomic E-state index is -0.0593. The first-order valence-corrected chi connectivity index (χ1v) is 11.4. The number of nitrogens with zero attached hydrogens (tertiary/aromatic N) is 3. The van der Waals surface area contributed by atoms with E-state index in [1.807, 2.05) is 36.5 Å². The molecule has 6 nitrogen and oxygen atoms in total. The Morgan fingerprint density at radius 3 is 2.70 bits per heavy atom. The molecule has 2 fully saturated rings. The van der Waals surface area contributed by atoms with Gasteiger partial charge >= 0.3 is 0 Å². The molecule has 0 unspecified atom stereocenters. The Kier molecular flexibility index (Phi) is 5.01. The predicted octanol–water partition coefficient (Wildman–Crippen LogP) is 3.12. The summed E-state index contributed by atoms with van der Waals surface area (Å²) in [4.78, 5) is 34.1. The Morgan fingerprint density at radius 2 is 2.00 bits per heavy atom. The molecule has 0 atom stereocenters. The molecule has 3 heterocycles. The number of pyridine rings is 1. The van der Waals surface area contributed by atoms with Crippen LogP contribution in [-0.4, -0.2) is 53.9 Å². The number of halogens is 1. The van der Waals surface area contributed by atoms with Crippen LogP contribution in [0.25, 0.3) is 0 Å². The van der Waals surface area contributed by atoms with Gasteiger partial charge < -0.3 is 15.1 Å². The van der Waals surface area contributed by atoms with E-state index in [2.05, 4.69) is 37.2 Å². The molecular formula is C23H25BrN4O2. The van der Waals surface area contributed by atoms with E-state index in [0.29, 0.717) is 6.54 Å². The normalized spacial score (nSPS) is 20.2. The van der Waals surface area contributed by atoms with Crippen LogP contribution in [-0.2, 0) is 10.2 Å². The van der Waals surface area contributed by atoms with Crippen LogP contribution in [0.1, 0.15) is 41.6 Å². The van der Waals surface area contributed by atoms with Gasteiger partial charge in [0.2, 0.25) is 5.91 Å². The first kappa shape index (κ1) is 19.5. The molecule has 156 valence electrons. The Morgan fingerprint density at radius 1 is 1.20 bits per heavy atom. The Labute approximate surface area is 184 Å². The van der Waals surface area contributed by atoms with Crippen LogP contribution in [0.4, 0.5) is 5.82 Å². The monoisotopic (exact) mass is 468 g/mol. The molecular weight excluding hydrogens is 444 g/mol. The summed E-state index contributed by atoms with van der Waals surface area (Å²) in [5.41, 5.74) is 1.93. The van der Waals surface area contributed by atoms with Crippen molar-refractivity contribution >= 4 is 33.6 Å². The molecule has 0 bridgehead atoms. The molecule has 1 saturated carbocycles. The van der Waals surface area contributed by atoms with Crippen LogP contribution >= 0.6 is 15.9 Å². The highest BCUT2D eigenvalue weighted by Crippen LogP contribution is 2.52. The fraction of sp³-hybridized carbons (Fsp3) is 0.435. The number of amides is 2. The van der Waals surface area contributed by atoms with Crippen LogP contribution in [0.3, 0.4) is 0 Å². The van der Waals surface area contributed by atoms with E-state index in [4.69, 9.17) is 0 Å². The van der Waals surface area contributed by atoms with E-state index in [-0.39, 0.29) is 29.8 Å². The van der Waals surface area contributed by atoms with Crippen molar-refractivity contribution in [1.82, 2.24) is 15.2 Å². The van der Waals surface area contributed by atoms with Crippen molar-refractivity contribution in [1.29, 1.82) is 0 Å². The Balaban J connectivity index is 1.19. The van der Waals surface area contributed by atoms with Gasteiger partial charge in [0.1, 0.15) is 5.82 Å². The van der Waals surface area contributed by atoms with Crippen molar-refractivity contribution in [2.75, 3.05) is 31.1 Å². The first-order chi connectivity index (χ1) is 14.5. The molecule has 5 rings (SSSR count). The van der Waals surface area contributed by atoms with Crippen molar-refractivity contribution in [3.63, 3.8) is 0 Å². The van der Waals surface area contributed by atoms with Gasteiger partial charge in [-0.15, -0.1) is 0 Å². The summed E-state index contributed by atoms with van der Waals surface area (Å²) < 4.78 is 1.00. The zero-order valence-corrected chi connectivity index (χ0v) is 18.4. The molecule has 3 aliphatic rings. The average molecular weight is 469 g/mol. The molecule has 2 aromatic rings. The number of rotatable bonds is 4. The molecule has 1 aromatic heterocycles. The number of carbonyl (C=O) groups excluding carboxylic acids is 2. The van der Waals surface area contributed by atoms with E-state index in [0.717, 1.165) is 60.2 Å². The quantitative estimate of drug-likeness (QED) is 0.748. The lowest BCUT2D eigenvalue weighted by Gasteiger charge is -2.36. The van der Waals surface area contributed by atoms with Gasteiger partial charge in [0, 0.05) is 47.3 Å². The molecule has 0 radical (unpaired) electrons. The van der Waals surface area contributed by atoms with Crippen molar-refractivity contribution in [2.45, 2.75) is 37.1 Å². The number of hydrogen-bond donors (Lipinski definition) is 1. The van der Waals surface area contributed by atoms with Crippen LogP contribution in [0.5, 0.6) is 0 Å². The summed E-state index contributed by atoms with van der Waals surface area (Å²) in [6.45, 7) is 2.52. The third-order valence-corrected chi connectivity index (χ3v) is 7.08. The van der Waals surface area contributed by atoms with E-state index < -0.39 is 0 Å². The summed E-state index contributed by atoms with van der Waals surface area (Å²) in [7, 11) is 0. The number of benzene rings is 1. The first-order valence-electron chi connectivity index (χ1n) is 10.6. The highest BCUT2D eigenvalue weighted by atomic mass is 79.9. The lowest BCUT2D eigenvalue weighted by molar-refractivity contribution is -0.122. The maximum absolute atomic E-state index is 13.0. The molecule has 7 heteroatoms. The molecule has 1 aliphatic carbocycles. The van der Waals surface area contributed by atoms with Crippen LogP contribution < -0.4 is 10.2 Å². The molecule has 2 amide bonds. The van der Waals surface area contributed by atoms with Crippen LogP contribution in [0.15, 0.2) is 47.1 Å². The van der Waals surface area contributed by atoms with Crippen LogP contribution in [0.2, 0.25) is 0 Å². The van der Waals surface area contributed by atoms with Crippen molar-refractivity contribution in [3.8, 4) is 0 Å². The highest BCUT2D eigenvalue weighted by Gasteiger charge is 2.51. The third-order valence-electron chi connectivity index (χ3n) is 6.59. The number of nitrogens with one attached hydrogen (secondary N) is 1. The lowest BCUT2D eigenvalue weighted by Crippen LogP contribution is -2.51. The minimum Gasteiger partial charge on any atom is -0.356 e. The molecule has 1 aromatic carbocycles. The second-order valence-electron chi connectivity index (χ2n) is 8.65. The topological polar surface area (TPSA) is 65.5 Å². The molecule has 1 saturated heterocycles. The van der Waals surface area contributed by atoms with Gasteiger partial charge in [0.05, 0.1) is 6.54 Å². The predicted molar refractivity (Wildman–Crippen MR) is 119 cm³/mol. The third kappa shape index (κ3) is 3.71. The van der Waals surface area contributed by atoms with E-state index >= 15 is 0 Å². The highest BCUT2D eigenvalue weighted by molar-refractivity contribution is 9.10. The van der Waals surface area contributed by atoms with E-state index in [1.165, 1.54) is 0 Å². The fourth-order valence-corrected chi connectivity index (χ4v) is 5.14. The average Bonchev–Trinajstić information content (AvgIpc) is 3.53. The Hall–Kier alpha value is -2.41. The van der Waals surface area contributed by atoms with Crippen molar-refractivity contribution in [3.05, 3.63) is 58.2 Å². The molecule has 1 N–H and O–H groups in total. The molecule has 30 heavy (non-hydrogen) atoms. The largest absolute Gasteiger partial charge is 0.356 e. The van der Waals surface area contributed by atoms with E-state index in [1.54, 1.807) is 4.90 Å². The number of piperidine rings is 1. The standard InChI is InChI=1S/C23H25BrN4O2/c24-16-4-5-18-19(13-16)23(8-9-23)15-28(22(18)30)14-21(29)26-17-6-11-27(12-7-17)20-3-1-2-10-25-20/h1-5,10,13,17H,6-9,11-12,14-15H2,(H,26,29). The summed E-state index contributed by atoms with van der Waals surface area (Å²) in [5, 5.41) is 3.15. The molecule has 2 aliphatic heterocycles. The van der Waals surface area contributed by atoms with Gasteiger partial charge in [-0.25, -0.2) is 4.98 Å².